The largest absolute Gasteiger partial charge is 0.469 e. The summed E-state index contributed by atoms with van der Waals surface area (Å²) in [6.45, 7) is 4.32. The highest BCUT2D eigenvalue weighted by atomic mass is 32.2. The molecule has 0 bridgehead atoms. The van der Waals surface area contributed by atoms with Gasteiger partial charge in [0.15, 0.2) is 0 Å². The number of hydrogen-bond acceptors (Lipinski definition) is 7. The lowest BCUT2D eigenvalue weighted by atomic mass is 10.1. The van der Waals surface area contributed by atoms with Crippen molar-refractivity contribution in [1.82, 2.24) is 24.9 Å². The van der Waals surface area contributed by atoms with E-state index in [1.165, 1.54) is 18.9 Å². The Morgan fingerprint density at radius 3 is 2.68 bits per heavy atom. The van der Waals surface area contributed by atoms with Gasteiger partial charge in [-0.05, 0) is 32.9 Å². The summed E-state index contributed by atoms with van der Waals surface area (Å²) in [6.07, 6.45) is 3.94. The molecule has 0 saturated carbocycles. The minimum Gasteiger partial charge on any atom is -0.469 e. The fraction of sp³-hybridized carbons (Fsp3) is 0.562. The first-order chi connectivity index (χ1) is 12.0. The van der Waals surface area contributed by atoms with E-state index in [0.29, 0.717) is 30.3 Å². The number of carbonyl (C=O) groups is 2. The molecule has 2 aromatic heterocycles. The second kappa shape index (κ2) is 8.80. The molecule has 2 aromatic rings. The molecule has 1 amide bonds. The molecule has 0 atom stereocenters. The number of methoxy groups -OCH3 is 1. The van der Waals surface area contributed by atoms with Crippen LogP contribution in [0.2, 0.25) is 0 Å². The maximum Gasteiger partial charge on any atom is 0.305 e. The van der Waals surface area contributed by atoms with Crippen LogP contribution in [0.25, 0.3) is 5.78 Å². The first-order valence-electron chi connectivity index (χ1n) is 8.06. The van der Waals surface area contributed by atoms with Crippen LogP contribution in [0.3, 0.4) is 0 Å². The van der Waals surface area contributed by atoms with E-state index < -0.39 is 0 Å². The lowest BCUT2D eigenvalue weighted by molar-refractivity contribution is -0.140. The van der Waals surface area contributed by atoms with E-state index in [2.05, 4.69) is 25.1 Å². The highest BCUT2D eigenvalue weighted by Crippen LogP contribution is 2.17. The molecule has 0 aromatic carbocycles. The molecule has 1 N–H and O–H groups in total. The molecule has 0 radical (unpaired) electrons. The molecule has 0 unspecified atom stereocenters. The zero-order chi connectivity index (χ0) is 18.4. The van der Waals surface area contributed by atoms with Crippen LogP contribution in [0.4, 0.5) is 0 Å². The van der Waals surface area contributed by atoms with Gasteiger partial charge in [0.05, 0.1) is 13.5 Å². The van der Waals surface area contributed by atoms with E-state index in [9.17, 15) is 9.59 Å². The maximum atomic E-state index is 12.2. The summed E-state index contributed by atoms with van der Waals surface area (Å²) in [6, 6.07) is 0. The van der Waals surface area contributed by atoms with Crippen molar-refractivity contribution in [2.24, 2.45) is 0 Å². The van der Waals surface area contributed by atoms with Crippen LogP contribution >= 0.6 is 11.8 Å². The van der Waals surface area contributed by atoms with Crippen LogP contribution in [0.15, 0.2) is 5.16 Å². The molecular formula is C16H23N5O3S. The molecule has 8 nitrogen and oxygen atoms in total. The van der Waals surface area contributed by atoms with Gasteiger partial charge in [-0.2, -0.15) is 4.98 Å². The number of amides is 1. The Morgan fingerprint density at radius 1 is 1.24 bits per heavy atom. The molecule has 0 saturated heterocycles. The molecule has 2 heterocycles. The Bertz CT molecular complexity index is 775. The van der Waals surface area contributed by atoms with Gasteiger partial charge in [-0.25, -0.2) is 9.50 Å². The van der Waals surface area contributed by atoms with Gasteiger partial charge in [-0.3, -0.25) is 9.59 Å². The Hall–Kier alpha value is -2.16. The van der Waals surface area contributed by atoms with E-state index in [1.54, 1.807) is 4.52 Å². The first-order valence-corrected chi connectivity index (χ1v) is 9.29. The molecular weight excluding hydrogens is 342 g/mol. The Balaban J connectivity index is 1.95. The average Bonchev–Trinajstić information content (AvgIpc) is 3.01. The molecule has 0 fully saturated rings. The van der Waals surface area contributed by atoms with Gasteiger partial charge in [-0.15, -0.1) is 5.10 Å². The van der Waals surface area contributed by atoms with E-state index >= 15 is 0 Å². The molecule has 0 aliphatic heterocycles. The predicted molar refractivity (Wildman–Crippen MR) is 94.6 cm³/mol. The van der Waals surface area contributed by atoms with Crippen molar-refractivity contribution in [2.45, 2.75) is 44.7 Å². The van der Waals surface area contributed by atoms with Crippen molar-refractivity contribution >= 4 is 29.4 Å². The van der Waals surface area contributed by atoms with Crippen LogP contribution in [0.1, 0.15) is 36.2 Å². The number of aromatic nitrogens is 4. The second-order valence-electron chi connectivity index (χ2n) is 5.63. The zero-order valence-corrected chi connectivity index (χ0v) is 15.8. The SMILES string of the molecule is COC(=O)CCCCNC(=O)Cc1c(C)nc2nc(SC)nn2c1C. The van der Waals surface area contributed by atoms with Gasteiger partial charge in [0.25, 0.3) is 5.78 Å². The fourth-order valence-corrected chi connectivity index (χ4v) is 2.82. The van der Waals surface area contributed by atoms with Crippen LogP contribution in [0.5, 0.6) is 0 Å². The zero-order valence-electron chi connectivity index (χ0n) is 15.0. The van der Waals surface area contributed by atoms with E-state index in [4.69, 9.17) is 0 Å². The first kappa shape index (κ1) is 19.2. The minimum atomic E-state index is -0.227. The number of unbranched alkanes of at least 4 members (excludes halogenated alkanes) is 1. The standard InChI is InChI=1S/C16H23N5O3S/c1-10-12(9-13(22)17-8-6-5-7-14(23)24-3)11(2)21-15(18-10)19-16(20-21)25-4/h5-9H2,1-4H3,(H,17,22). The number of hydrogen-bond donors (Lipinski definition) is 1. The minimum absolute atomic E-state index is 0.0735. The van der Waals surface area contributed by atoms with Crippen LogP contribution in [0, 0.1) is 13.8 Å². The molecule has 136 valence electrons. The smallest absolute Gasteiger partial charge is 0.305 e. The second-order valence-corrected chi connectivity index (χ2v) is 6.40. The van der Waals surface area contributed by atoms with Gasteiger partial charge >= 0.3 is 5.97 Å². The normalized spacial score (nSPS) is 10.9. The van der Waals surface area contributed by atoms with Crippen LogP contribution in [-0.2, 0) is 20.7 Å². The topological polar surface area (TPSA) is 98.5 Å². The number of fused-ring (bicyclic) bond motifs is 1. The average molecular weight is 365 g/mol. The Labute approximate surface area is 150 Å². The molecule has 9 heteroatoms. The quantitative estimate of drug-likeness (QED) is 0.429. The molecule has 25 heavy (non-hydrogen) atoms. The summed E-state index contributed by atoms with van der Waals surface area (Å²) < 4.78 is 6.26. The highest BCUT2D eigenvalue weighted by Gasteiger charge is 2.15. The van der Waals surface area contributed by atoms with Crippen molar-refractivity contribution in [3.05, 3.63) is 17.0 Å². The Morgan fingerprint density at radius 2 is 2.00 bits per heavy atom. The van der Waals surface area contributed by atoms with Crippen molar-refractivity contribution in [3.63, 3.8) is 0 Å². The van der Waals surface area contributed by atoms with Crippen molar-refractivity contribution in [2.75, 3.05) is 19.9 Å². The number of carbonyl (C=O) groups excluding carboxylic acids is 2. The summed E-state index contributed by atoms with van der Waals surface area (Å²) >= 11 is 1.45. The number of nitrogens with one attached hydrogen (secondary N) is 1. The van der Waals surface area contributed by atoms with Crippen molar-refractivity contribution < 1.29 is 14.3 Å². The Kier molecular flexibility index (Phi) is 6.74. The third-order valence-corrected chi connectivity index (χ3v) is 4.45. The van der Waals surface area contributed by atoms with Gasteiger partial charge in [0, 0.05) is 29.9 Å². The number of nitrogens with zero attached hydrogens (tertiary/aromatic N) is 4. The maximum absolute atomic E-state index is 12.2. The number of aryl methyl sites for hydroxylation is 2. The van der Waals surface area contributed by atoms with Gasteiger partial charge in [-0.1, -0.05) is 11.8 Å². The number of ether oxygens (including phenoxy) is 1. The fourth-order valence-electron chi connectivity index (χ4n) is 2.48. The summed E-state index contributed by atoms with van der Waals surface area (Å²) in [5, 5.41) is 7.91. The van der Waals surface area contributed by atoms with Crippen molar-refractivity contribution in [3.8, 4) is 0 Å². The van der Waals surface area contributed by atoms with Gasteiger partial charge < -0.3 is 10.1 Å². The van der Waals surface area contributed by atoms with E-state index in [0.717, 1.165) is 23.4 Å². The lowest BCUT2D eigenvalue weighted by Gasteiger charge is -2.10. The number of rotatable bonds is 8. The van der Waals surface area contributed by atoms with E-state index in [1.807, 2.05) is 20.1 Å². The van der Waals surface area contributed by atoms with Gasteiger partial charge in [0.1, 0.15) is 0 Å². The van der Waals surface area contributed by atoms with Gasteiger partial charge in [0.2, 0.25) is 11.1 Å². The van der Waals surface area contributed by atoms with Crippen molar-refractivity contribution in [1.29, 1.82) is 0 Å². The lowest BCUT2D eigenvalue weighted by Crippen LogP contribution is -2.27. The number of thioether (sulfide) groups is 1. The molecule has 2 rings (SSSR count). The summed E-state index contributed by atoms with van der Waals surface area (Å²) in [5.74, 6) is 0.247. The molecule has 0 spiro atoms. The summed E-state index contributed by atoms with van der Waals surface area (Å²) in [5.41, 5.74) is 2.51. The third-order valence-electron chi connectivity index (χ3n) is 3.91. The predicted octanol–water partition coefficient (Wildman–Crippen LogP) is 1.47. The van der Waals surface area contributed by atoms with Crippen LogP contribution < -0.4 is 5.32 Å². The van der Waals surface area contributed by atoms with Crippen LogP contribution in [-0.4, -0.2) is 51.4 Å². The highest BCUT2D eigenvalue weighted by molar-refractivity contribution is 7.98. The number of esters is 1. The monoisotopic (exact) mass is 365 g/mol. The summed E-state index contributed by atoms with van der Waals surface area (Å²) in [7, 11) is 1.37. The molecule has 0 aliphatic carbocycles. The van der Waals surface area contributed by atoms with E-state index in [-0.39, 0.29) is 18.3 Å². The summed E-state index contributed by atoms with van der Waals surface area (Å²) in [4.78, 5) is 32.0. The third kappa shape index (κ3) is 4.91. The molecule has 0 aliphatic rings.